The Hall–Kier alpha value is -1.87. The van der Waals surface area contributed by atoms with E-state index in [2.05, 4.69) is 4.74 Å². The summed E-state index contributed by atoms with van der Waals surface area (Å²) in [7, 11) is 0. The number of aliphatic hydroxyl groups excluding tert-OH is 2. The maximum Gasteiger partial charge on any atom is 0.507 e. The van der Waals surface area contributed by atoms with Gasteiger partial charge in [0.1, 0.15) is 6.10 Å². The third-order valence-electron chi connectivity index (χ3n) is 1.53. The minimum absolute atomic E-state index is 1.29. The monoisotopic (exact) mass is 224 g/mol. The summed E-state index contributed by atoms with van der Waals surface area (Å²) in [5.74, 6) is -4.47. The van der Waals surface area contributed by atoms with Crippen molar-refractivity contribution in [3.8, 4) is 0 Å². The molecule has 0 rings (SSSR count). The predicted molar refractivity (Wildman–Crippen MR) is 40.2 cm³/mol. The summed E-state index contributed by atoms with van der Waals surface area (Å²) >= 11 is 0. The van der Waals surface area contributed by atoms with Gasteiger partial charge in [-0.25, -0.2) is 14.4 Å². The standard InChI is InChI=1S/C6H8O9/c7-1-2(8)6(3(9)10,4(11)12)15-5(13)14/h2,7-8H,1H2,(H,9,10)(H,11,12)(H,13,14). The molecule has 1 unspecified atom stereocenters. The van der Waals surface area contributed by atoms with Gasteiger partial charge in [0.05, 0.1) is 6.61 Å². The first-order valence-corrected chi connectivity index (χ1v) is 3.46. The van der Waals surface area contributed by atoms with Gasteiger partial charge in [-0.15, -0.1) is 0 Å². The largest absolute Gasteiger partial charge is 0.507 e. The van der Waals surface area contributed by atoms with Crippen molar-refractivity contribution >= 4 is 18.1 Å². The zero-order chi connectivity index (χ0) is 12.2. The molecule has 0 aromatic carbocycles. The third kappa shape index (κ3) is 2.33. The van der Waals surface area contributed by atoms with Gasteiger partial charge in [0.2, 0.25) is 0 Å². The molecule has 1 atom stereocenters. The van der Waals surface area contributed by atoms with Gasteiger partial charge in [-0.3, -0.25) is 0 Å². The molecule has 0 aliphatic heterocycles. The molecule has 0 heterocycles. The van der Waals surface area contributed by atoms with Gasteiger partial charge >= 0.3 is 23.7 Å². The summed E-state index contributed by atoms with van der Waals surface area (Å²) in [5.41, 5.74) is -3.43. The van der Waals surface area contributed by atoms with Gasteiger partial charge < -0.3 is 30.3 Å². The van der Waals surface area contributed by atoms with Gasteiger partial charge in [0, 0.05) is 0 Å². The SMILES string of the molecule is O=C(O)OC(C(=O)O)(C(=O)O)C(O)CO. The van der Waals surface area contributed by atoms with Crippen LogP contribution in [0.4, 0.5) is 4.79 Å². The molecule has 9 heteroatoms. The average Bonchev–Trinajstić information content (AvgIpc) is 2.11. The van der Waals surface area contributed by atoms with Gasteiger partial charge in [0.15, 0.2) is 0 Å². The van der Waals surface area contributed by atoms with Gasteiger partial charge in [-0.1, -0.05) is 0 Å². The summed E-state index contributed by atoms with van der Waals surface area (Å²) in [5, 5.41) is 42.5. The number of carbonyl (C=O) groups is 3. The van der Waals surface area contributed by atoms with Crippen LogP contribution in [0.15, 0.2) is 0 Å². The van der Waals surface area contributed by atoms with Crippen LogP contribution in [0, 0.1) is 0 Å². The number of aliphatic carboxylic acids is 2. The van der Waals surface area contributed by atoms with Crippen molar-refractivity contribution in [3.05, 3.63) is 0 Å². The van der Waals surface area contributed by atoms with E-state index in [1.165, 1.54) is 0 Å². The van der Waals surface area contributed by atoms with Crippen molar-refractivity contribution in [2.75, 3.05) is 6.61 Å². The molecule has 0 fully saturated rings. The van der Waals surface area contributed by atoms with E-state index in [9.17, 15) is 14.4 Å². The number of hydrogen-bond acceptors (Lipinski definition) is 6. The number of rotatable bonds is 5. The molecule has 15 heavy (non-hydrogen) atoms. The lowest BCUT2D eigenvalue weighted by Crippen LogP contribution is -2.60. The van der Waals surface area contributed by atoms with E-state index in [-0.39, 0.29) is 0 Å². The van der Waals surface area contributed by atoms with E-state index in [1.54, 1.807) is 0 Å². The normalized spacial score (nSPS) is 12.9. The molecule has 0 amide bonds. The van der Waals surface area contributed by atoms with Gasteiger partial charge in [0.25, 0.3) is 0 Å². The van der Waals surface area contributed by atoms with Crippen LogP contribution in [-0.2, 0) is 14.3 Å². The lowest BCUT2D eigenvalue weighted by molar-refractivity contribution is -0.194. The Morgan fingerprint density at radius 3 is 1.73 bits per heavy atom. The van der Waals surface area contributed by atoms with Crippen molar-refractivity contribution in [1.82, 2.24) is 0 Å². The van der Waals surface area contributed by atoms with E-state index in [0.29, 0.717) is 0 Å². The zero-order valence-electron chi connectivity index (χ0n) is 7.15. The second-order valence-electron chi connectivity index (χ2n) is 2.41. The first kappa shape index (κ1) is 13.1. The number of aliphatic hydroxyl groups is 2. The molecule has 0 saturated carbocycles. The molecule has 0 aromatic rings. The summed E-state index contributed by atoms with van der Waals surface area (Å²) in [4.78, 5) is 31.2. The Balaban J connectivity index is 5.36. The van der Waals surface area contributed by atoms with Crippen LogP contribution in [0.1, 0.15) is 0 Å². The highest BCUT2D eigenvalue weighted by Gasteiger charge is 2.57. The summed E-state index contributed by atoms with van der Waals surface area (Å²) in [6, 6.07) is 0. The number of ether oxygens (including phenoxy) is 1. The molecule has 5 N–H and O–H groups in total. The van der Waals surface area contributed by atoms with Crippen LogP contribution >= 0.6 is 0 Å². The van der Waals surface area contributed by atoms with Crippen molar-refractivity contribution in [1.29, 1.82) is 0 Å². The van der Waals surface area contributed by atoms with Crippen LogP contribution in [0.3, 0.4) is 0 Å². The fraction of sp³-hybridized carbons (Fsp3) is 0.500. The molecule has 0 radical (unpaired) electrons. The van der Waals surface area contributed by atoms with Gasteiger partial charge in [-0.05, 0) is 0 Å². The molecule has 0 aliphatic rings. The first-order chi connectivity index (χ1) is 6.78. The number of hydrogen-bond donors (Lipinski definition) is 5. The molecule has 0 bridgehead atoms. The Kier molecular flexibility index (Phi) is 4.00. The summed E-state index contributed by atoms with van der Waals surface area (Å²) < 4.78 is 3.62. The van der Waals surface area contributed by atoms with Crippen molar-refractivity contribution in [2.24, 2.45) is 0 Å². The smallest absolute Gasteiger partial charge is 0.478 e. The van der Waals surface area contributed by atoms with Crippen molar-refractivity contribution in [3.63, 3.8) is 0 Å². The van der Waals surface area contributed by atoms with E-state index in [1.807, 2.05) is 0 Å². The third-order valence-corrected chi connectivity index (χ3v) is 1.53. The fourth-order valence-corrected chi connectivity index (χ4v) is 0.798. The van der Waals surface area contributed by atoms with Gasteiger partial charge in [-0.2, -0.15) is 0 Å². The molecule has 0 aliphatic carbocycles. The zero-order valence-corrected chi connectivity index (χ0v) is 7.15. The maximum absolute atomic E-state index is 10.6. The van der Waals surface area contributed by atoms with Crippen molar-refractivity contribution < 1.29 is 44.7 Å². The lowest BCUT2D eigenvalue weighted by Gasteiger charge is -2.26. The molecular formula is C6H8O9. The summed E-state index contributed by atoms with van der Waals surface area (Å²) in [6.07, 6.45) is -4.61. The Morgan fingerprint density at radius 2 is 1.53 bits per heavy atom. The first-order valence-electron chi connectivity index (χ1n) is 3.46. The highest BCUT2D eigenvalue weighted by molar-refractivity contribution is 6.04. The van der Waals surface area contributed by atoms with E-state index < -0.39 is 36.4 Å². The maximum atomic E-state index is 10.6. The highest BCUT2D eigenvalue weighted by atomic mass is 16.7. The van der Waals surface area contributed by atoms with Crippen LogP contribution in [0.5, 0.6) is 0 Å². The molecule has 0 spiro atoms. The Labute approximate surface area is 82.1 Å². The topological polar surface area (TPSA) is 162 Å². The Bertz CT molecular complexity index is 268. The van der Waals surface area contributed by atoms with Crippen LogP contribution in [0.25, 0.3) is 0 Å². The quantitative estimate of drug-likeness (QED) is 0.261. The van der Waals surface area contributed by atoms with E-state index >= 15 is 0 Å². The molecule has 0 saturated heterocycles. The molecule has 0 aromatic heterocycles. The van der Waals surface area contributed by atoms with E-state index in [0.717, 1.165) is 0 Å². The minimum atomic E-state index is -3.43. The number of carboxylic acids is 2. The average molecular weight is 224 g/mol. The number of carboxylic acid groups (broad SMARTS) is 3. The van der Waals surface area contributed by atoms with Crippen LogP contribution in [-0.4, -0.2) is 61.9 Å². The fourth-order valence-electron chi connectivity index (χ4n) is 0.798. The van der Waals surface area contributed by atoms with Crippen LogP contribution in [0.2, 0.25) is 0 Å². The highest BCUT2D eigenvalue weighted by Crippen LogP contribution is 2.18. The second kappa shape index (κ2) is 4.57. The second-order valence-corrected chi connectivity index (χ2v) is 2.41. The molecular weight excluding hydrogens is 216 g/mol. The summed E-state index contributed by atoms with van der Waals surface area (Å²) in [6.45, 7) is -1.29. The minimum Gasteiger partial charge on any atom is -0.478 e. The predicted octanol–water partition coefficient (Wildman–Crippen LogP) is -2.06. The Morgan fingerprint density at radius 1 is 1.13 bits per heavy atom. The van der Waals surface area contributed by atoms with E-state index in [4.69, 9.17) is 25.5 Å². The molecule has 9 nitrogen and oxygen atoms in total. The molecule has 86 valence electrons. The lowest BCUT2D eigenvalue weighted by atomic mass is 9.97. The van der Waals surface area contributed by atoms with Crippen molar-refractivity contribution in [2.45, 2.75) is 11.7 Å². The van der Waals surface area contributed by atoms with Crippen LogP contribution < -0.4 is 0 Å².